The lowest BCUT2D eigenvalue weighted by molar-refractivity contribution is -0.121. The van der Waals surface area contributed by atoms with E-state index in [0.717, 1.165) is 49.2 Å². The smallest absolute Gasteiger partial charge is 0.265 e. The van der Waals surface area contributed by atoms with Crippen molar-refractivity contribution in [1.29, 1.82) is 0 Å². The number of anilines is 1. The zero-order valence-corrected chi connectivity index (χ0v) is 20.0. The van der Waals surface area contributed by atoms with Gasteiger partial charge < -0.3 is 19.9 Å². The minimum Gasteiger partial charge on any atom is -0.482 e. The molecule has 156 valence electrons. The van der Waals surface area contributed by atoms with Gasteiger partial charge in [-0.1, -0.05) is 26.0 Å². The predicted octanol–water partition coefficient (Wildman–Crippen LogP) is 3.07. The second-order valence-electron chi connectivity index (χ2n) is 7.23. The fourth-order valence-corrected chi connectivity index (χ4v) is 4.74. The molecule has 1 atom stereocenters. The van der Waals surface area contributed by atoms with Gasteiger partial charge in [-0.15, -0.1) is 24.0 Å². The normalized spacial score (nSPS) is 19.8. The molecule has 0 aromatic heterocycles. The van der Waals surface area contributed by atoms with Crippen molar-refractivity contribution in [2.24, 2.45) is 10.9 Å². The average molecular weight is 518 g/mol. The minimum atomic E-state index is 0. The highest BCUT2D eigenvalue weighted by molar-refractivity contribution is 14.0. The Morgan fingerprint density at radius 3 is 2.93 bits per heavy atom. The number of fused-ring (bicyclic) bond motifs is 1. The predicted molar refractivity (Wildman–Crippen MR) is 128 cm³/mol. The van der Waals surface area contributed by atoms with E-state index < -0.39 is 0 Å². The average Bonchev–Trinajstić information content (AvgIpc) is 2.69. The van der Waals surface area contributed by atoms with Crippen LogP contribution in [0.4, 0.5) is 5.69 Å². The number of para-hydroxylation sites is 2. The number of benzene rings is 1. The van der Waals surface area contributed by atoms with Crippen molar-refractivity contribution in [2.45, 2.75) is 25.5 Å². The third-order valence-electron chi connectivity index (χ3n) is 5.00. The van der Waals surface area contributed by atoms with Gasteiger partial charge in [0.2, 0.25) is 0 Å². The number of hydrogen-bond acceptors (Lipinski definition) is 4. The number of rotatable bonds is 5. The molecule has 0 aliphatic carbocycles. The summed E-state index contributed by atoms with van der Waals surface area (Å²) in [5.74, 6) is 3.58. The van der Waals surface area contributed by atoms with E-state index in [1.165, 1.54) is 0 Å². The van der Waals surface area contributed by atoms with E-state index >= 15 is 0 Å². The van der Waals surface area contributed by atoms with Gasteiger partial charge in [-0.25, -0.2) is 0 Å². The van der Waals surface area contributed by atoms with Crippen LogP contribution in [0, 0.1) is 5.92 Å². The maximum absolute atomic E-state index is 12.2. The van der Waals surface area contributed by atoms with Crippen molar-refractivity contribution in [3.05, 3.63) is 24.3 Å². The summed E-state index contributed by atoms with van der Waals surface area (Å²) >= 11 is 2.06. The SMILES string of the molecule is CN=C(NCCCN1C(=O)COc2ccccc21)N1CCSC(C(C)C)C1.I. The molecule has 2 aliphatic rings. The maximum atomic E-state index is 12.2. The van der Waals surface area contributed by atoms with E-state index in [1.54, 1.807) is 0 Å². The summed E-state index contributed by atoms with van der Waals surface area (Å²) < 4.78 is 5.50. The Hall–Kier alpha value is -1.16. The van der Waals surface area contributed by atoms with Crippen LogP contribution in [0.5, 0.6) is 5.75 Å². The Morgan fingerprint density at radius 2 is 2.18 bits per heavy atom. The van der Waals surface area contributed by atoms with Crippen molar-refractivity contribution >= 4 is 53.3 Å². The first kappa shape index (κ1) is 23.1. The summed E-state index contributed by atoms with van der Waals surface area (Å²) in [5.41, 5.74) is 0.867. The quantitative estimate of drug-likeness (QED) is 0.281. The van der Waals surface area contributed by atoms with E-state index in [4.69, 9.17) is 4.74 Å². The monoisotopic (exact) mass is 518 g/mol. The molecule has 1 aromatic rings. The lowest BCUT2D eigenvalue weighted by atomic mass is 10.1. The van der Waals surface area contributed by atoms with Gasteiger partial charge in [-0.2, -0.15) is 11.8 Å². The van der Waals surface area contributed by atoms with Crippen LogP contribution in [-0.4, -0.2) is 67.6 Å². The first-order valence-electron chi connectivity index (χ1n) is 9.69. The molecule has 0 spiro atoms. The molecule has 1 saturated heterocycles. The molecule has 3 rings (SSSR count). The molecular formula is C20H31IN4O2S. The van der Waals surface area contributed by atoms with Crippen molar-refractivity contribution in [1.82, 2.24) is 10.2 Å². The highest BCUT2D eigenvalue weighted by atomic mass is 127. The van der Waals surface area contributed by atoms with Gasteiger partial charge in [-0.05, 0) is 24.5 Å². The van der Waals surface area contributed by atoms with E-state index in [-0.39, 0.29) is 36.5 Å². The molecule has 0 bridgehead atoms. The zero-order valence-electron chi connectivity index (χ0n) is 16.9. The van der Waals surface area contributed by atoms with E-state index in [9.17, 15) is 4.79 Å². The van der Waals surface area contributed by atoms with Gasteiger partial charge in [0, 0.05) is 44.2 Å². The molecule has 2 aliphatic heterocycles. The maximum Gasteiger partial charge on any atom is 0.265 e. The second kappa shape index (κ2) is 11.1. The van der Waals surface area contributed by atoms with E-state index in [0.29, 0.717) is 17.7 Å². The minimum absolute atomic E-state index is 0. The molecule has 2 heterocycles. The number of ether oxygens (including phenoxy) is 1. The highest BCUT2D eigenvalue weighted by Crippen LogP contribution is 2.31. The molecule has 0 radical (unpaired) electrons. The zero-order chi connectivity index (χ0) is 19.2. The summed E-state index contributed by atoms with van der Waals surface area (Å²) in [6.07, 6.45) is 0.856. The summed E-state index contributed by atoms with van der Waals surface area (Å²) in [6, 6.07) is 7.72. The Labute approximate surface area is 189 Å². The summed E-state index contributed by atoms with van der Waals surface area (Å²) in [7, 11) is 1.84. The third-order valence-corrected chi connectivity index (χ3v) is 6.54. The number of guanidine groups is 1. The molecule has 0 saturated carbocycles. The van der Waals surface area contributed by atoms with Crippen LogP contribution in [0.3, 0.4) is 0 Å². The van der Waals surface area contributed by atoms with Gasteiger partial charge in [0.05, 0.1) is 5.69 Å². The Kier molecular flexibility index (Phi) is 9.20. The van der Waals surface area contributed by atoms with E-state index in [1.807, 2.05) is 36.2 Å². The number of aliphatic imine (C=N–C) groups is 1. The van der Waals surface area contributed by atoms with Gasteiger partial charge in [0.15, 0.2) is 12.6 Å². The largest absolute Gasteiger partial charge is 0.482 e. The Bertz CT molecular complexity index is 686. The number of carbonyl (C=O) groups excluding carboxylic acids is 1. The Balaban J connectivity index is 0.00000280. The molecular weight excluding hydrogens is 487 g/mol. The number of carbonyl (C=O) groups is 1. The molecule has 1 fully saturated rings. The first-order valence-corrected chi connectivity index (χ1v) is 10.7. The van der Waals surface area contributed by atoms with Crippen LogP contribution >= 0.6 is 35.7 Å². The van der Waals surface area contributed by atoms with Crippen LogP contribution in [0.25, 0.3) is 0 Å². The summed E-state index contributed by atoms with van der Waals surface area (Å²) in [4.78, 5) is 20.9. The summed E-state index contributed by atoms with van der Waals surface area (Å²) in [5, 5.41) is 4.13. The van der Waals surface area contributed by atoms with Crippen LogP contribution in [-0.2, 0) is 4.79 Å². The lowest BCUT2D eigenvalue weighted by Gasteiger charge is -2.36. The molecule has 1 unspecified atom stereocenters. The number of thioether (sulfide) groups is 1. The third kappa shape index (κ3) is 5.68. The van der Waals surface area contributed by atoms with Gasteiger partial charge in [0.1, 0.15) is 5.75 Å². The number of nitrogens with zero attached hydrogens (tertiary/aromatic N) is 3. The Morgan fingerprint density at radius 1 is 1.39 bits per heavy atom. The van der Waals surface area contributed by atoms with E-state index in [2.05, 4.69) is 40.8 Å². The number of halogens is 1. The van der Waals surface area contributed by atoms with Crippen LogP contribution in [0.15, 0.2) is 29.3 Å². The van der Waals surface area contributed by atoms with Crippen molar-refractivity contribution in [3.8, 4) is 5.75 Å². The molecule has 6 nitrogen and oxygen atoms in total. The molecule has 1 N–H and O–H groups in total. The van der Waals surface area contributed by atoms with Crippen molar-refractivity contribution < 1.29 is 9.53 Å². The van der Waals surface area contributed by atoms with Crippen molar-refractivity contribution in [2.75, 3.05) is 50.5 Å². The fraction of sp³-hybridized carbons (Fsp3) is 0.600. The second-order valence-corrected chi connectivity index (χ2v) is 8.58. The first-order chi connectivity index (χ1) is 13.1. The lowest BCUT2D eigenvalue weighted by Crippen LogP contribution is -2.49. The molecule has 1 amide bonds. The van der Waals surface area contributed by atoms with Gasteiger partial charge in [0.25, 0.3) is 5.91 Å². The molecule has 8 heteroatoms. The fourth-order valence-electron chi connectivity index (χ4n) is 3.44. The number of hydrogen-bond donors (Lipinski definition) is 1. The van der Waals surface area contributed by atoms with Gasteiger partial charge in [-0.3, -0.25) is 9.79 Å². The summed E-state index contributed by atoms with van der Waals surface area (Å²) in [6.45, 7) is 8.22. The van der Waals surface area contributed by atoms with Gasteiger partial charge >= 0.3 is 0 Å². The van der Waals surface area contributed by atoms with Crippen LogP contribution in [0.1, 0.15) is 20.3 Å². The standard InChI is InChI=1S/C20H30N4O2S.HI/c1-15(2)18-13-23(11-12-27-18)20(21-3)22-9-6-10-24-16-7-4-5-8-17(16)26-14-19(24)25;/h4-5,7-8,15,18H,6,9-14H2,1-3H3,(H,21,22);1H. The van der Waals surface area contributed by atoms with Crippen LogP contribution in [0.2, 0.25) is 0 Å². The topological polar surface area (TPSA) is 57.2 Å². The van der Waals surface area contributed by atoms with Crippen molar-refractivity contribution in [3.63, 3.8) is 0 Å². The molecule has 28 heavy (non-hydrogen) atoms. The number of nitrogens with one attached hydrogen (secondary N) is 1. The highest BCUT2D eigenvalue weighted by Gasteiger charge is 2.26. The molecule has 1 aromatic carbocycles. The van der Waals surface area contributed by atoms with Crippen LogP contribution < -0.4 is 15.0 Å². The number of amides is 1.